The number of unbranched alkanes of at least 4 members (excludes halogenated alkanes) is 1. The summed E-state index contributed by atoms with van der Waals surface area (Å²) in [6, 6.07) is 10.1. The maximum Gasteiger partial charge on any atom is 0.475 e. The van der Waals surface area contributed by atoms with Crippen LogP contribution in [0.3, 0.4) is 0 Å². The molecule has 0 spiro atoms. The van der Waals surface area contributed by atoms with Crippen molar-refractivity contribution in [2.24, 2.45) is 5.92 Å². The van der Waals surface area contributed by atoms with Gasteiger partial charge in [0.2, 0.25) is 11.8 Å². The molecule has 2 atom stereocenters. The van der Waals surface area contributed by atoms with Crippen LogP contribution in [0.25, 0.3) is 0 Å². The van der Waals surface area contributed by atoms with Crippen LogP contribution in [0.5, 0.6) is 0 Å². The number of carbonyl (C=O) groups excluding carboxylic acids is 3. The maximum atomic E-state index is 12.7. The van der Waals surface area contributed by atoms with Crippen LogP contribution < -0.4 is 16.0 Å². The Balaban J connectivity index is 2.61. The highest BCUT2D eigenvalue weighted by atomic mass is 16.4. The molecule has 1 aromatic rings. The van der Waals surface area contributed by atoms with Crippen molar-refractivity contribution in [1.82, 2.24) is 16.0 Å². The van der Waals surface area contributed by atoms with Gasteiger partial charge in [-0.3, -0.25) is 14.4 Å². The van der Waals surface area contributed by atoms with E-state index in [1.165, 1.54) is 6.92 Å². The van der Waals surface area contributed by atoms with Gasteiger partial charge in [-0.2, -0.15) is 5.26 Å². The van der Waals surface area contributed by atoms with E-state index in [2.05, 4.69) is 16.0 Å². The van der Waals surface area contributed by atoms with Crippen LogP contribution >= 0.6 is 0 Å². The molecule has 0 heterocycles. The Morgan fingerprint density at radius 2 is 1.79 bits per heavy atom. The van der Waals surface area contributed by atoms with E-state index in [9.17, 15) is 24.4 Å². The van der Waals surface area contributed by atoms with Gasteiger partial charge in [0.05, 0.1) is 5.94 Å². The van der Waals surface area contributed by atoms with Gasteiger partial charge >= 0.3 is 7.12 Å². The van der Waals surface area contributed by atoms with Crippen LogP contribution in [0, 0.1) is 17.2 Å². The highest BCUT2D eigenvalue weighted by Crippen LogP contribution is 2.07. The Bertz CT molecular complexity index is 852. The topological polar surface area (TPSA) is 152 Å². The zero-order valence-corrected chi connectivity index (χ0v) is 19.4. The van der Waals surface area contributed by atoms with E-state index in [0.29, 0.717) is 25.8 Å². The normalized spacial score (nSPS) is 12.9. The Morgan fingerprint density at radius 3 is 2.33 bits per heavy atom. The predicted octanol–water partition coefficient (Wildman–Crippen LogP) is 0.623. The van der Waals surface area contributed by atoms with Gasteiger partial charge in [-0.15, -0.1) is 0 Å². The molecule has 1 aromatic carbocycles. The number of rotatable bonds is 13. The third-order valence-corrected chi connectivity index (χ3v) is 4.75. The molecule has 9 nitrogen and oxygen atoms in total. The summed E-state index contributed by atoms with van der Waals surface area (Å²) in [4.78, 5) is 36.3. The zero-order valence-electron chi connectivity index (χ0n) is 19.4. The number of hydrogen-bond donors (Lipinski definition) is 5. The highest BCUT2D eigenvalue weighted by molar-refractivity contribution is 6.43. The van der Waals surface area contributed by atoms with E-state index >= 15 is 0 Å². The van der Waals surface area contributed by atoms with Crippen molar-refractivity contribution in [3.8, 4) is 6.07 Å². The number of hydrogen-bond acceptors (Lipinski definition) is 6. The lowest BCUT2D eigenvalue weighted by molar-refractivity contribution is -0.128. The molecule has 33 heavy (non-hydrogen) atoms. The van der Waals surface area contributed by atoms with Gasteiger partial charge in [0.25, 0.3) is 5.91 Å². The molecule has 10 heteroatoms. The summed E-state index contributed by atoms with van der Waals surface area (Å²) in [5.74, 6) is -2.21. The summed E-state index contributed by atoms with van der Waals surface area (Å²) in [7, 11) is -1.77. The molecule has 0 aliphatic heterocycles. The summed E-state index contributed by atoms with van der Waals surface area (Å²) in [5, 5.41) is 36.3. The van der Waals surface area contributed by atoms with Gasteiger partial charge < -0.3 is 26.0 Å². The first kappa shape index (κ1) is 27.9. The van der Waals surface area contributed by atoms with Gasteiger partial charge in [-0.25, -0.2) is 0 Å². The monoisotopic (exact) mass is 456 g/mol. The van der Waals surface area contributed by atoms with Gasteiger partial charge in [-0.1, -0.05) is 50.3 Å². The Morgan fingerprint density at radius 1 is 1.12 bits per heavy atom. The summed E-state index contributed by atoms with van der Waals surface area (Å²) in [6.07, 6.45) is 3.15. The van der Waals surface area contributed by atoms with Crippen molar-refractivity contribution in [1.29, 1.82) is 5.26 Å². The van der Waals surface area contributed by atoms with Crippen LogP contribution in [0.4, 0.5) is 0 Å². The average molecular weight is 456 g/mol. The second kappa shape index (κ2) is 14.8. The number of amides is 3. The first-order valence-corrected chi connectivity index (χ1v) is 11.0. The number of nitrogens with one attached hydrogen (secondary N) is 3. The van der Waals surface area contributed by atoms with Crippen molar-refractivity contribution in [3.05, 3.63) is 47.5 Å². The molecular formula is C23H33BN4O5. The molecule has 0 aromatic heterocycles. The lowest BCUT2D eigenvalue weighted by Gasteiger charge is -2.23. The molecule has 3 amide bonds. The largest absolute Gasteiger partial charge is 0.475 e. The standard InChI is InChI=1S/C23H33BN4O5/c1-16(2)13-19(15-25)22(30)26-12-8-7-11-20(27-17(3)29)23(31)28-21(24(32)33)14-18-9-5-4-6-10-18/h4-6,9-10,13,16,20-21,32-33H,7-8,11-12,14H2,1-3H3,(H,26,30)(H,27,29)(H,28,31)/b19-13+/t20-,21-/m0/s1. The first-order valence-electron chi connectivity index (χ1n) is 11.0. The van der Waals surface area contributed by atoms with E-state index in [4.69, 9.17) is 5.26 Å². The molecule has 0 bridgehead atoms. The predicted molar refractivity (Wildman–Crippen MR) is 125 cm³/mol. The third-order valence-electron chi connectivity index (χ3n) is 4.75. The fraction of sp³-hybridized carbons (Fsp3) is 0.478. The molecule has 0 fully saturated rings. The summed E-state index contributed by atoms with van der Waals surface area (Å²) >= 11 is 0. The van der Waals surface area contributed by atoms with E-state index < -0.39 is 30.9 Å². The fourth-order valence-corrected chi connectivity index (χ4v) is 3.16. The van der Waals surface area contributed by atoms with Crippen molar-refractivity contribution in [2.75, 3.05) is 6.54 Å². The quantitative estimate of drug-likeness (QED) is 0.127. The minimum atomic E-state index is -1.77. The van der Waals surface area contributed by atoms with Crippen LogP contribution in [0.15, 0.2) is 42.0 Å². The van der Waals surface area contributed by atoms with E-state index in [-0.39, 0.29) is 23.8 Å². The maximum absolute atomic E-state index is 12.7. The molecule has 0 saturated heterocycles. The fourth-order valence-electron chi connectivity index (χ4n) is 3.16. The first-order chi connectivity index (χ1) is 15.6. The van der Waals surface area contributed by atoms with Crippen LogP contribution in [-0.2, 0) is 20.8 Å². The van der Waals surface area contributed by atoms with E-state index in [0.717, 1.165) is 5.56 Å². The van der Waals surface area contributed by atoms with E-state index in [1.807, 2.05) is 50.2 Å². The summed E-state index contributed by atoms with van der Waals surface area (Å²) < 4.78 is 0. The molecule has 0 aliphatic rings. The van der Waals surface area contributed by atoms with Crippen molar-refractivity contribution in [3.63, 3.8) is 0 Å². The molecule has 5 N–H and O–H groups in total. The van der Waals surface area contributed by atoms with Crippen molar-refractivity contribution in [2.45, 2.75) is 58.4 Å². The zero-order chi connectivity index (χ0) is 24.8. The molecule has 178 valence electrons. The van der Waals surface area contributed by atoms with Crippen molar-refractivity contribution >= 4 is 24.8 Å². The van der Waals surface area contributed by atoms with Gasteiger partial charge in [0, 0.05) is 13.5 Å². The van der Waals surface area contributed by atoms with Gasteiger partial charge in [0.1, 0.15) is 17.7 Å². The van der Waals surface area contributed by atoms with Gasteiger partial charge in [-0.05, 0) is 37.2 Å². The summed E-state index contributed by atoms with van der Waals surface area (Å²) in [5.41, 5.74) is 0.887. The lowest BCUT2D eigenvalue weighted by Crippen LogP contribution is -2.54. The molecule has 0 radical (unpaired) electrons. The number of nitrogens with zero attached hydrogens (tertiary/aromatic N) is 1. The number of nitriles is 1. The molecule has 1 rings (SSSR count). The third kappa shape index (κ3) is 11.3. The minimum absolute atomic E-state index is 0.0625. The highest BCUT2D eigenvalue weighted by Gasteiger charge is 2.29. The molecule has 0 saturated carbocycles. The van der Waals surface area contributed by atoms with Crippen molar-refractivity contribution < 1.29 is 24.4 Å². The number of benzene rings is 1. The minimum Gasteiger partial charge on any atom is -0.426 e. The second-order valence-electron chi connectivity index (χ2n) is 8.16. The number of allylic oxidation sites excluding steroid dienone is 1. The lowest BCUT2D eigenvalue weighted by atomic mass is 9.75. The second-order valence-corrected chi connectivity index (χ2v) is 8.16. The van der Waals surface area contributed by atoms with E-state index in [1.54, 1.807) is 6.08 Å². The van der Waals surface area contributed by atoms with Gasteiger partial charge in [0.15, 0.2) is 0 Å². The summed E-state index contributed by atoms with van der Waals surface area (Å²) in [6.45, 7) is 5.36. The van der Waals surface area contributed by atoms with Crippen LogP contribution in [-0.4, -0.2) is 53.4 Å². The Labute approximate surface area is 195 Å². The van der Waals surface area contributed by atoms with Crippen LogP contribution in [0.1, 0.15) is 45.6 Å². The molecular weight excluding hydrogens is 423 g/mol. The Hall–Kier alpha value is -3.16. The van der Waals surface area contributed by atoms with Crippen LogP contribution in [0.2, 0.25) is 0 Å². The number of carbonyl (C=O) groups is 3. The Kier molecular flexibility index (Phi) is 12.5. The SMILES string of the molecule is CC(=O)N[C@@H](CCCCNC(=O)/C(C#N)=C/C(C)C)C(=O)N[C@@H](Cc1ccccc1)B(O)O. The smallest absolute Gasteiger partial charge is 0.426 e. The molecule has 0 unspecified atom stereocenters. The average Bonchev–Trinajstić information content (AvgIpc) is 2.75. The molecule has 0 aliphatic carbocycles.